The van der Waals surface area contributed by atoms with Crippen molar-refractivity contribution in [2.75, 3.05) is 44.6 Å². The minimum atomic E-state index is -0.0395. The highest BCUT2D eigenvalue weighted by atomic mass is 16.2. The zero-order valence-corrected chi connectivity index (χ0v) is 16.7. The molecule has 1 aliphatic rings. The number of aromatic nitrogens is 2. The van der Waals surface area contributed by atoms with E-state index in [2.05, 4.69) is 58.3 Å². The Kier molecular flexibility index (Phi) is 7.14. The van der Waals surface area contributed by atoms with Crippen LogP contribution >= 0.6 is 0 Å². The first-order chi connectivity index (χ1) is 13.6. The first-order valence-corrected chi connectivity index (χ1v) is 9.91. The molecule has 0 spiro atoms. The van der Waals surface area contributed by atoms with Gasteiger partial charge in [0.15, 0.2) is 0 Å². The summed E-state index contributed by atoms with van der Waals surface area (Å²) >= 11 is 0. The van der Waals surface area contributed by atoms with Gasteiger partial charge in [-0.1, -0.05) is 56.3 Å². The number of carbonyl (C=O) groups is 1. The molecule has 0 unspecified atom stereocenters. The number of hydrogen-bond donors (Lipinski definition) is 1. The van der Waals surface area contributed by atoms with Crippen LogP contribution in [0.15, 0.2) is 48.8 Å². The third kappa shape index (κ3) is 5.89. The largest absolute Gasteiger partial charge is 0.369 e. The Balaban J connectivity index is 1.45. The molecule has 6 heteroatoms. The first kappa shape index (κ1) is 20.0. The van der Waals surface area contributed by atoms with Crippen molar-refractivity contribution in [1.82, 2.24) is 19.8 Å². The third-order valence-electron chi connectivity index (χ3n) is 4.70. The number of hydrogen-bond acceptors (Lipinski definition) is 5. The summed E-state index contributed by atoms with van der Waals surface area (Å²) in [4.78, 5) is 25.5. The van der Waals surface area contributed by atoms with Gasteiger partial charge in [-0.05, 0) is 11.5 Å². The highest BCUT2D eigenvalue weighted by molar-refractivity contribution is 5.92. The number of piperazine rings is 1. The van der Waals surface area contributed by atoms with E-state index >= 15 is 0 Å². The number of amides is 1. The summed E-state index contributed by atoms with van der Waals surface area (Å²) < 4.78 is 0. The SMILES string of the molecule is CC(C)CNc1cnc(C(=O)N2CCN(C/C=C/c3ccccc3)CC2)cn1. The Labute approximate surface area is 167 Å². The van der Waals surface area contributed by atoms with Crippen molar-refractivity contribution in [3.63, 3.8) is 0 Å². The van der Waals surface area contributed by atoms with E-state index in [1.54, 1.807) is 12.4 Å². The second kappa shape index (κ2) is 9.99. The van der Waals surface area contributed by atoms with Gasteiger partial charge in [0.2, 0.25) is 0 Å². The molecular weight excluding hydrogens is 350 g/mol. The molecule has 2 aromatic rings. The zero-order valence-electron chi connectivity index (χ0n) is 16.7. The van der Waals surface area contributed by atoms with Crippen LogP contribution in [0.5, 0.6) is 0 Å². The molecule has 1 amide bonds. The second-order valence-corrected chi connectivity index (χ2v) is 7.47. The van der Waals surface area contributed by atoms with E-state index < -0.39 is 0 Å². The van der Waals surface area contributed by atoms with Gasteiger partial charge in [0.25, 0.3) is 5.91 Å². The zero-order chi connectivity index (χ0) is 19.8. The number of carbonyl (C=O) groups excluding carboxylic acids is 1. The molecule has 0 bridgehead atoms. The Morgan fingerprint density at radius 3 is 2.50 bits per heavy atom. The molecule has 3 rings (SSSR count). The lowest BCUT2D eigenvalue weighted by atomic mass is 10.2. The van der Waals surface area contributed by atoms with E-state index in [0.717, 1.165) is 26.2 Å². The molecule has 1 saturated heterocycles. The summed E-state index contributed by atoms with van der Waals surface area (Å²) in [6, 6.07) is 10.3. The summed E-state index contributed by atoms with van der Waals surface area (Å²) in [5, 5.41) is 3.22. The number of benzene rings is 1. The van der Waals surface area contributed by atoms with E-state index in [4.69, 9.17) is 0 Å². The summed E-state index contributed by atoms with van der Waals surface area (Å²) in [5.41, 5.74) is 1.62. The van der Waals surface area contributed by atoms with Crippen LogP contribution in [0.2, 0.25) is 0 Å². The molecule has 1 aromatic heterocycles. The fraction of sp³-hybridized carbons (Fsp3) is 0.409. The quantitative estimate of drug-likeness (QED) is 0.801. The number of nitrogens with one attached hydrogen (secondary N) is 1. The normalized spacial score (nSPS) is 15.3. The van der Waals surface area contributed by atoms with Crippen molar-refractivity contribution in [3.8, 4) is 0 Å². The van der Waals surface area contributed by atoms with Crippen LogP contribution in [0.4, 0.5) is 5.82 Å². The average molecular weight is 380 g/mol. The van der Waals surface area contributed by atoms with Gasteiger partial charge in [0, 0.05) is 39.3 Å². The fourth-order valence-electron chi connectivity index (χ4n) is 3.04. The Morgan fingerprint density at radius 1 is 1.11 bits per heavy atom. The van der Waals surface area contributed by atoms with Gasteiger partial charge in [-0.3, -0.25) is 9.69 Å². The van der Waals surface area contributed by atoms with Gasteiger partial charge in [-0.25, -0.2) is 9.97 Å². The van der Waals surface area contributed by atoms with Crippen LogP contribution in [0, 0.1) is 5.92 Å². The van der Waals surface area contributed by atoms with Gasteiger partial charge in [-0.15, -0.1) is 0 Å². The fourth-order valence-corrected chi connectivity index (χ4v) is 3.04. The average Bonchev–Trinajstić information content (AvgIpc) is 2.73. The lowest BCUT2D eigenvalue weighted by molar-refractivity contribution is 0.0644. The highest BCUT2D eigenvalue weighted by Gasteiger charge is 2.22. The molecule has 1 N–H and O–H groups in total. The molecule has 1 fully saturated rings. The van der Waals surface area contributed by atoms with Gasteiger partial charge >= 0.3 is 0 Å². The van der Waals surface area contributed by atoms with E-state index in [9.17, 15) is 4.79 Å². The molecule has 0 radical (unpaired) electrons. The van der Waals surface area contributed by atoms with Crippen LogP contribution in [-0.4, -0.2) is 64.9 Å². The van der Waals surface area contributed by atoms with Crippen molar-refractivity contribution in [2.24, 2.45) is 5.92 Å². The maximum Gasteiger partial charge on any atom is 0.274 e. The molecule has 0 atom stereocenters. The van der Waals surface area contributed by atoms with Crippen molar-refractivity contribution in [1.29, 1.82) is 0 Å². The maximum absolute atomic E-state index is 12.7. The third-order valence-corrected chi connectivity index (χ3v) is 4.70. The van der Waals surface area contributed by atoms with E-state index in [1.165, 1.54) is 5.56 Å². The standard InChI is InChI=1S/C22H29N5O/c1-18(2)15-24-21-17-23-20(16-25-21)22(28)27-13-11-26(12-14-27)10-6-9-19-7-4-3-5-8-19/h3-9,16-18H,10-15H2,1-2H3,(H,24,25)/b9-6+. The summed E-state index contributed by atoms with van der Waals surface area (Å²) in [6.07, 6.45) is 7.53. The Morgan fingerprint density at radius 2 is 1.86 bits per heavy atom. The van der Waals surface area contributed by atoms with Gasteiger partial charge in [0.05, 0.1) is 12.4 Å². The van der Waals surface area contributed by atoms with Crippen molar-refractivity contribution in [2.45, 2.75) is 13.8 Å². The molecule has 1 aromatic carbocycles. The van der Waals surface area contributed by atoms with E-state index in [0.29, 0.717) is 30.5 Å². The maximum atomic E-state index is 12.7. The van der Waals surface area contributed by atoms with Crippen molar-refractivity contribution in [3.05, 3.63) is 60.1 Å². The monoisotopic (exact) mass is 379 g/mol. The number of anilines is 1. The molecule has 0 saturated carbocycles. The van der Waals surface area contributed by atoms with Crippen LogP contribution < -0.4 is 5.32 Å². The first-order valence-electron chi connectivity index (χ1n) is 9.91. The minimum Gasteiger partial charge on any atom is -0.369 e. The summed E-state index contributed by atoms with van der Waals surface area (Å²) in [7, 11) is 0. The second-order valence-electron chi connectivity index (χ2n) is 7.47. The highest BCUT2D eigenvalue weighted by Crippen LogP contribution is 2.09. The Bertz CT molecular complexity index is 765. The van der Waals surface area contributed by atoms with Crippen LogP contribution in [0.25, 0.3) is 6.08 Å². The number of rotatable bonds is 7. The topological polar surface area (TPSA) is 61.4 Å². The molecule has 0 aliphatic carbocycles. The van der Waals surface area contributed by atoms with Gasteiger partial charge in [0.1, 0.15) is 11.5 Å². The smallest absolute Gasteiger partial charge is 0.274 e. The van der Waals surface area contributed by atoms with Crippen LogP contribution in [-0.2, 0) is 0 Å². The summed E-state index contributed by atoms with van der Waals surface area (Å²) in [5.74, 6) is 1.20. The summed E-state index contributed by atoms with van der Waals surface area (Å²) in [6.45, 7) is 9.17. The molecular formula is C22H29N5O. The van der Waals surface area contributed by atoms with Gasteiger partial charge < -0.3 is 10.2 Å². The lowest BCUT2D eigenvalue weighted by Gasteiger charge is -2.33. The van der Waals surface area contributed by atoms with Crippen LogP contribution in [0.1, 0.15) is 29.9 Å². The van der Waals surface area contributed by atoms with Crippen LogP contribution in [0.3, 0.4) is 0 Å². The van der Waals surface area contributed by atoms with Gasteiger partial charge in [-0.2, -0.15) is 0 Å². The van der Waals surface area contributed by atoms with Crippen molar-refractivity contribution >= 4 is 17.8 Å². The number of nitrogens with zero attached hydrogens (tertiary/aromatic N) is 4. The molecule has 2 heterocycles. The van der Waals surface area contributed by atoms with Crippen molar-refractivity contribution < 1.29 is 4.79 Å². The molecule has 28 heavy (non-hydrogen) atoms. The lowest BCUT2D eigenvalue weighted by Crippen LogP contribution is -2.48. The Hall–Kier alpha value is -2.73. The van der Waals surface area contributed by atoms with E-state index in [1.807, 2.05) is 23.1 Å². The molecule has 1 aliphatic heterocycles. The molecule has 148 valence electrons. The molecule has 6 nitrogen and oxygen atoms in total. The minimum absolute atomic E-state index is 0.0395. The predicted molar refractivity (Wildman–Crippen MR) is 113 cm³/mol. The predicted octanol–water partition coefficient (Wildman–Crippen LogP) is 3.02. The van der Waals surface area contributed by atoms with E-state index in [-0.39, 0.29) is 5.91 Å².